The van der Waals surface area contributed by atoms with E-state index in [1.54, 1.807) is 18.2 Å². The molecule has 0 saturated carbocycles. The molecule has 0 saturated heterocycles. The van der Waals surface area contributed by atoms with E-state index in [1.807, 2.05) is 0 Å². The molecule has 7 heteroatoms. The number of nitrogens with two attached hydrogens (primary N) is 1. The molecule has 3 N–H and O–H groups in total. The van der Waals surface area contributed by atoms with Gasteiger partial charge in [0, 0.05) is 10.2 Å². The number of hydrogen-bond acceptors (Lipinski definition) is 3. The summed E-state index contributed by atoms with van der Waals surface area (Å²) in [6.45, 7) is -0.339. The molecule has 0 radical (unpaired) electrons. The molecule has 2 aromatic carbocycles. The van der Waals surface area contributed by atoms with Crippen LogP contribution in [0.4, 0.5) is 15.8 Å². The standard InChI is InChI=1S/C14H11BrClFN2O2/c15-9-6-8(18)4-5-11(9)19-13(20)7-21-12-3-1-2-10(16)14(12)17/h1-6H,7,18H2,(H,19,20). The normalized spacial score (nSPS) is 10.2. The SMILES string of the molecule is Nc1ccc(NC(=O)COc2cccc(Cl)c2F)c(Br)c1. The Morgan fingerprint density at radius 1 is 1.38 bits per heavy atom. The first-order valence-electron chi connectivity index (χ1n) is 5.89. The van der Waals surface area contributed by atoms with Crippen LogP contribution in [0, 0.1) is 5.82 Å². The fourth-order valence-electron chi connectivity index (χ4n) is 1.56. The lowest BCUT2D eigenvalue weighted by Gasteiger charge is -2.10. The fourth-order valence-corrected chi connectivity index (χ4v) is 2.22. The maximum Gasteiger partial charge on any atom is 0.262 e. The van der Waals surface area contributed by atoms with E-state index in [0.717, 1.165) is 0 Å². The minimum Gasteiger partial charge on any atom is -0.481 e. The lowest BCUT2D eigenvalue weighted by molar-refractivity contribution is -0.118. The van der Waals surface area contributed by atoms with Crippen molar-refractivity contribution in [2.45, 2.75) is 0 Å². The number of carbonyl (C=O) groups excluding carboxylic acids is 1. The Morgan fingerprint density at radius 3 is 2.86 bits per heavy atom. The van der Waals surface area contributed by atoms with E-state index in [4.69, 9.17) is 22.1 Å². The summed E-state index contributed by atoms with van der Waals surface area (Å²) >= 11 is 8.90. The summed E-state index contributed by atoms with van der Waals surface area (Å²) in [6, 6.07) is 9.29. The van der Waals surface area contributed by atoms with Crippen LogP contribution in [0.15, 0.2) is 40.9 Å². The molecule has 0 heterocycles. The highest BCUT2D eigenvalue weighted by Crippen LogP contribution is 2.25. The number of halogens is 3. The van der Waals surface area contributed by atoms with E-state index < -0.39 is 11.7 Å². The van der Waals surface area contributed by atoms with Gasteiger partial charge in [-0.25, -0.2) is 4.39 Å². The zero-order chi connectivity index (χ0) is 15.4. The smallest absolute Gasteiger partial charge is 0.262 e. The van der Waals surface area contributed by atoms with Gasteiger partial charge < -0.3 is 15.8 Å². The second kappa shape index (κ2) is 6.78. The quantitative estimate of drug-likeness (QED) is 0.800. The molecule has 0 aliphatic heterocycles. The third kappa shape index (κ3) is 4.09. The van der Waals surface area contributed by atoms with Crippen molar-refractivity contribution in [1.29, 1.82) is 0 Å². The van der Waals surface area contributed by atoms with Gasteiger partial charge in [-0.1, -0.05) is 17.7 Å². The third-order valence-corrected chi connectivity index (χ3v) is 3.49. The first-order valence-corrected chi connectivity index (χ1v) is 7.06. The van der Waals surface area contributed by atoms with Crippen molar-refractivity contribution < 1.29 is 13.9 Å². The number of benzene rings is 2. The molecular formula is C14H11BrClFN2O2. The average Bonchev–Trinajstić information content (AvgIpc) is 2.43. The van der Waals surface area contributed by atoms with Crippen molar-refractivity contribution in [3.63, 3.8) is 0 Å². The summed E-state index contributed by atoms with van der Waals surface area (Å²) in [5.74, 6) is -1.20. The predicted octanol–water partition coefficient (Wildman–Crippen LogP) is 3.84. The monoisotopic (exact) mass is 372 g/mol. The second-order valence-electron chi connectivity index (χ2n) is 4.13. The van der Waals surface area contributed by atoms with Gasteiger partial charge in [-0.15, -0.1) is 0 Å². The van der Waals surface area contributed by atoms with E-state index in [9.17, 15) is 9.18 Å². The fraction of sp³-hybridized carbons (Fsp3) is 0.0714. The number of hydrogen-bond donors (Lipinski definition) is 2. The molecule has 2 aromatic rings. The van der Waals surface area contributed by atoms with Crippen LogP contribution in [0.2, 0.25) is 5.02 Å². The lowest BCUT2D eigenvalue weighted by Crippen LogP contribution is -2.20. The molecule has 4 nitrogen and oxygen atoms in total. The summed E-state index contributed by atoms with van der Waals surface area (Å²) in [5.41, 5.74) is 6.71. The predicted molar refractivity (Wildman–Crippen MR) is 84.1 cm³/mol. The molecule has 0 unspecified atom stereocenters. The van der Waals surface area contributed by atoms with Gasteiger partial charge in [0.15, 0.2) is 18.2 Å². The molecule has 2 rings (SSSR count). The number of rotatable bonds is 4. The first kappa shape index (κ1) is 15.6. The highest BCUT2D eigenvalue weighted by atomic mass is 79.9. The van der Waals surface area contributed by atoms with Crippen molar-refractivity contribution >= 4 is 44.8 Å². The molecule has 0 bridgehead atoms. The Bertz CT molecular complexity index is 682. The number of ether oxygens (including phenoxy) is 1. The zero-order valence-corrected chi connectivity index (χ0v) is 13.0. The van der Waals surface area contributed by atoms with Crippen molar-refractivity contribution in [3.05, 3.63) is 51.7 Å². The summed E-state index contributed by atoms with van der Waals surface area (Å²) < 4.78 is 19.3. The molecule has 110 valence electrons. The van der Waals surface area contributed by atoms with Crippen molar-refractivity contribution in [1.82, 2.24) is 0 Å². The maximum absolute atomic E-state index is 13.6. The molecule has 21 heavy (non-hydrogen) atoms. The van der Waals surface area contributed by atoms with Gasteiger partial charge in [0.25, 0.3) is 5.91 Å². The Kier molecular flexibility index (Phi) is 5.03. The van der Waals surface area contributed by atoms with Gasteiger partial charge in [-0.2, -0.15) is 0 Å². The Labute approximate surface area is 134 Å². The molecule has 0 spiro atoms. The Morgan fingerprint density at radius 2 is 2.14 bits per heavy atom. The highest BCUT2D eigenvalue weighted by Gasteiger charge is 2.11. The van der Waals surface area contributed by atoms with Crippen molar-refractivity contribution in [2.24, 2.45) is 0 Å². The van der Waals surface area contributed by atoms with Crippen LogP contribution in [0.25, 0.3) is 0 Å². The Hall–Kier alpha value is -1.79. The minimum absolute atomic E-state index is 0.0609. The number of nitrogens with one attached hydrogen (secondary N) is 1. The van der Waals surface area contributed by atoms with Crippen LogP contribution in [-0.4, -0.2) is 12.5 Å². The van der Waals surface area contributed by atoms with Crippen LogP contribution >= 0.6 is 27.5 Å². The number of anilines is 2. The van der Waals surface area contributed by atoms with Crippen LogP contribution in [0.3, 0.4) is 0 Å². The van der Waals surface area contributed by atoms with Gasteiger partial charge in [0.2, 0.25) is 0 Å². The second-order valence-corrected chi connectivity index (χ2v) is 5.39. The Balaban J connectivity index is 1.97. The van der Waals surface area contributed by atoms with Crippen LogP contribution in [0.1, 0.15) is 0 Å². The molecule has 0 aliphatic rings. The number of nitrogen functional groups attached to an aromatic ring is 1. The molecule has 0 aliphatic carbocycles. The summed E-state index contributed by atoms with van der Waals surface area (Å²) in [6.07, 6.45) is 0. The highest BCUT2D eigenvalue weighted by molar-refractivity contribution is 9.10. The van der Waals surface area contributed by atoms with E-state index in [2.05, 4.69) is 21.2 Å². The minimum atomic E-state index is -0.694. The first-order chi connectivity index (χ1) is 9.97. The van der Waals surface area contributed by atoms with Crippen molar-refractivity contribution in [3.8, 4) is 5.75 Å². The summed E-state index contributed by atoms with van der Waals surface area (Å²) in [5, 5.41) is 2.56. The van der Waals surface area contributed by atoms with Crippen molar-refractivity contribution in [2.75, 3.05) is 17.7 Å². The molecule has 0 aromatic heterocycles. The topological polar surface area (TPSA) is 64.3 Å². The van der Waals surface area contributed by atoms with Gasteiger partial charge in [0.05, 0.1) is 10.7 Å². The summed E-state index contributed by atoms with van der Waals surface area (Å²) in [4.78, 5) is 11.8. The average molecular weight is 374 g/mol. The van der Waals surface area contributed by atoms with Gasteiger partial charge >= 0.3 is 0 Å². The number of amides is 1. The van der Waals surface area contributed by atoms with E-state index in [0.29, 0.717) is 15.8 Å². The largest absolute Gasteiger partial charge is 0.481 e. The third-order valence-electron chi connectivity index (χ3n) is 2.54. The van der Waals surface area contributed by atoms with E-state index in [-0.39, 0.29) is 17.4 Å². The van der Waals surface area contributed by atoms with Gasteiger partial charge in [-0.05, 0) is 46.3 Å². The molecular weight excluding hydrogens is 363 g/mol. The maximum atomic E-state index is 13.6. The molecule has 1 amide bonds. The van der Waals surface area contributed by atoms with Crippen LogP contribution in [-0.2, 0) is 4.79 Å². The van der Waals surface area contributed by atoms with E-state index >= 15 is 0 Å². The van der Waals surface area contributed by atoms with Crippen LogP contribution < -0.4 is 15.8 Å². The van der Waals surface area contributed by atoms with E-state index in [1.165, 1.54) is 18.2 Å². The summed E-state index contributed by atoms with van der Waals surface area (Å²) in [7, 11) is 0. The number of carbonyl (C=O) groups is 1. The van der Waals surface area contributed by atoms with Gasteiger partial charge in [-0.3, -0.25) is 4.79 Å². The van der Waals surface area contributed by atoms with Crippen LogP contribution in [0.5, 0.6) is 5.75 Å². The van der Waals surface area contributed by atoms with Gasteiger partial charge in [0.1, 0.15) is 0 Å². The molecule has 0 atom stereocenters. The molecule has 0 fully saturated rings. The zero-order valence-electron chi connectivity index (χ0n) is 10.7. The lowest BCUT2D eigenvalue weighted by atomic mass is 10.3.